The molecule has 0 saturated heterocycles. The summed E-state index contributed by atoms with van der Waals surface area (Å²) in [6, 6.07) is 16.7. The number of anilines is 2. The molecule has 0 radical (unpaired) electrons. The van der Waals surface area contributed by atoms with Crippen LogP contribution in [0.3, 0.4) is 0 Å². The molecule has 2 aromatic heterocycles. The highest BCUT2D eigenvalue weighted by Gasteiger charge is 2.15. The second-order valence-corrected chi connectivity index (χ2v) is 8.75. The average Bonchev–Trinajstić information content (AvgIpc) is 2.84. The van der Waals surface area contributed by atoms with Crippen LogP contribution in [-0.4, -0.2) is 52.0 Å². The van der Waals surface area contributed by atoms with E-state index in [4.69, 9.17) is 26.8 Å². The number of rotatable bonds is 11. The van der Waals surface area contributed by atoms with Crippen molar-refractivity contribution in [2.24, 2.45) is 5.73 Å². The molecule has 0 bridgehead atoms. The largest absolute Gasteiger partial charge is 0.489 e. The first kappa shape index (κ1) is 25.2. The van der Waals surface area contributed by atoms with Crippen molar-refractivity contribution >= 4 is 39.9 Å². The lowest BCUT2D eigenvalue weighted by Crippen LogP contribution is -2.37. The van der Waals surface area contributed by atoms with Gasteiger partial charge >= 0.3 is 0 Å². The number of ether oxygens (including phenoxy) is 2. The number of carbonyl (C=O) groups excluding carboxylic acids is 1. The Balaban J connectivity index is 1.51. The molecule has 0 aliphatic rings. The Morgan fingerprint density at radius 2 is 1.97 bits per heavy atom. The molecule has 1 amide bonds. The number of aromatic nitrogens is 3. The molecular formula is C26H27ClN6O3. The monoisotopic (exact) mass is 506 g/mol. The van der Waals surface area contributed by atoms with Crippen molar-refractivity contribution in [3.8, 4) is 11.5 Å². The number of primary amides is 1. The highest BCUT2D eigenvalue weighted by molar-refractivity contribution is 6.32. The van der Waals surface area contributed by atoms with Gasteiger partial charge in [0.25, 0.3) is 0 Å². The smallest absolute Gasteiger partial charge is 0.231 e. The quantitative estimate of drug-likeness (QED) is 0.311. The third-order valence-electron chi connectivity index (χ3n) is 5.24. The summed E-state index contributed by atoms with van der Waals surface area (Å²) in [6.45, 7) is 2.92. The first-order valence-corrected chi connectivity index (χ1v) is 11.7. The lowest BCUT2D eigenvalue weighted by Gasteiger charge is -2.22. The van der Waals surface area contributed by atoms with E-state index >= 15 is 0 Å². The molecular weight excluding hydrogens is 480 g/mol. The fourth-order valence-corrected chi connectivity index (χ4v) is 4.00. The zero-order valence-electron chi connectivity index (χ0n) is 20.0. The number of nitrogens with two attached hydrogens (primary N) is 1. The van der Waals surface area contributed by atoms with Crippen molar-refractivity contribution in [3.63, 3.8) is 0 Å². The van der Waals surface area contributed by atoms with Crippen LogP contribution in [0.25, 0.3) is 10.9 Å². The topological polar surface area (TPSA) is 115 Å². The van der Waals surface area contributed by atoms with Gasteiger partial charge in [-0.15, -0.1) is 0 Å². The average molecular weight is 507 g/mol. The minimum atomic E-state index is -0.387. The van der Waals surface area contributed by atoms with Gasteiger partial charge in [-0.2, -0.15) is 0 Å². The van der Waals surface area contributed by atoms with Gasteiger partial charge in [-0.1, -0.05) is 23.7 Å². The van der Waals surface area contributed by atoms with Gasteiger partial charge in [0.05, 0.1) is 28.2 Å². The fourth-order valence-electron chi connectivity index (χ4n) is 3.76. The first-order valence-electron chi connectivity index (χ1n) is 11.4. The number of carbonyl (C=O) groups is 1. The van der Waals surface area contributed by atoms with Crippen molar-refractivity contribution in [2.75, 3.05) is 25.5 Å². The zero-order valence-corrected chi connectivity index (χ0v) is 20.8. The minimum absolute atomic E-state index is 0.154. The van der Waals surface area contributed by atoms with Crippen LogP contribution in [0.15, 0.2) is 67.1 Å². The number of pyridine rings is 1. The summed E-state index contributed by atoms with van der Waals surface area (Å²) in [7, 11) is 1.82. The van der Waals surface area contributed by atoms with E-state index in [2.05, 4.69) is 20.3 Å². The molecule has 0 fully saturated rings. The standard InChI is InChI=1S/C26H27ClN6O3/c1-17(13-33(2)14-24(28)34)36-23-8-5-7-21-25(23)26(31-16-30-21)32-18-9-10-22(20(27)12-18)35-15-19-6-3-4-11-29-19/h3-12,16-17H,13-15H2,1-2H3,(H2,28,34)(H,30,31,32)/t17-/m1/s1. The molecule has 0 aliphatic heterocycles. The van der Waals surface area contributed by atoms with Gasteiger partial charge in [0.2, 0.25) is 5.91 Å². The molecule has 1 atom stereocenters. The van der Waals surface area contributed by atoms with Crippen LogP contribution in [0.1, 0.15) is 12.6 Å². The summed E-state index contributed by atoms with van der Waals surface area (Å²) in [6.07, 6.45) is 3.00. The molecule has 3 N–H and O–H groups in total. The number of nitrogens with one attached hydrogen (secondary N) is 1. The van der Waals surface area contributed by atoms with Gasteiger partial charge in [0.1, 0.15) is 36.4 Å². The first-order chi connectivity index (χ1) is 17.4. The zero-order chi connectivity index (χ0) is 25.5. The SMILES string of the molecule is C[C@H](CN(C)CC(N)=O)Oc1cccc2ncnc(Nc3ccc(OCc4ccccn4)c(Cl)c3)c12. The van der Waals surface area contributed by atoms with E-state index < -0.39 is 0 Å². The van der Waals surface area contributed by atoms with Gasteiger partial charge < -0.3 is 20.5 Å². The third kappa shape index (κ3) is 6.59. The van der Waals surface area contributed by atoms with Gasteiger partial charge in [0, 0.05) is 18.4 Å². The molecule has 0 spiro atoms. The Morgan fingerprint density at radius 3 is 2.72 bits per heavy atom. The van der Waals surface area contributed by atoms with E-state index in [1.165, 1.54) is 6.33 Å². The summed E-state index contributed by atoms with van der Waals surface area (Å²) < 4.78 is 12.0. The van der Waals surface area contributed by atoms with Gasteiger partial charge in [-0.05, 0) is 56.4 Å². The van der Waals surface area contributed by atoms with Crippen molar-refractivity contribution in [1.29, 1.82) is 0 Å². The lowest BCUT2D eigenvalue weighted by molar-refractivity contribution is -0.119. The van der Waals surface area contributed by atoms with Crippen LogP contribution in [-0.2, 0) is 11.4 Å². The number of amides is 1. The lowest BCUT2D eigenvalue weighted by atomic mass is 10.2. The summed E-state index contributed by atoms with van der Waals surface area (Å²) in [5.74, 6) is 1.36. The predicted molar refractivity (Wildman–Crippen MR) is 140 cm³/mol. The van der Waals surface area contributed by atoms with Crippen molar-refractivity contribution < 1.29 is 14.3 Å². The second kappa shape index (κ2) is 11.7. The fraction of sp³-hybridized carbons (Fsp3) is 0.231. The number of hydrogen-bond acceptors (Lipinski definition) is 8. The molecule has 10 heteroatoms. The van der Waals surface area contributed by atoms with Crippen LogP contribution in [0.4, 0.5) is 11.5 Å². The molecule has 186 valence electrons. The predicted octanol–water partition coefficient (Wildman–Crippen LogP) is 4.19. The molecule has 2 heterocycles. The number of fused-ring (bicyclic) bond motifs is 1. The molecule has 0 unspecified atom stereocenters. The number of nitrogens with zero attached hydrogens (tertiary/aromatic N) is 4. The van der Waals surface area contributed by atoms with E-state index in [1.54, 1.807) is 18.3 Å². The van der Waals surface area contributed by atoms with Gasteiger partial charge in [0.15, 0.2) is 0 Å². The van der Waals surface area contributed by atoms with E-state index in [0.717, 1.165) is 22.3 Å². The molecule has 0 saturated carbocycles. The molecule has 36 heavy (non-hydrogen) atoms. The van der Waals surface area contributed by atoms with Crippen LogP contribution in [0.5, 0.6) is 11.5 Å². The van der Waals surface area contributed by atoms with Gasteiger partial charge in [-0.25, -0.2) is 9.97 Å². The van der Waals surface area contributed by atoms with Gasteiger partial charge in [-0.3, -0.25) is 14.7 Å². The Kier molecular flexibility index (Phi) is 8.14. The van der Waals surface area contributed by atoms with E-state index in [-0.39, 0.29) is 18.6 Å². The van der Waals surface area contributed by atoms with Crippen LogP contribution in [0, 0.1) is 0 Å². The van der Waals surface area contributed by atoms with Crippen LogP contribution in [0.2, 0.25) is 5.02 Å². The molecule has 4 rings (SSSR count). The van der Waals surface area contributed by atoms with Crippen molar-refractivity contribution in [3.05, 3.63) is 77.8 Å². The maximum absolute atomic E-state index is 11.2. The molecule has 4 aromatic rings. The van der Waals surface area contributed by atoms with E-state index in [1.807, 2.05) is 61.3 Å². The molecule has 0 aliphatic carbocycles. The Labute approximate surface area is 214 Å². The summed E-state index contributed by atoms with van der Waals surface area (Å²) >= 11 is 6.48. The third-order valence-corrected chi connectivity index (χ3v) is 5.54. The maximum Gasteiger partial charge on any atom is 0.231 e. The normalized spacial score (nSPS) is 11.9. The Hall–Kier alpha value is -3.95. The number of benzene rings is 2. The summed E-state index contributed by atoms with van der Waals surface area (Å²) in [5, 5.41) is 4.50. The van der Waals surface area contributed by atoms with Crippen LogP contribution >= 0.6 is 11.6 Å². The highest BCUT2D eigenvalue weighted by atomic mass is 35.5. The highest BCUT2D eigenvalue weighted by Crippen LogP contribution is 2.34. The Bertz CT molecular complexity index is 1330. The van der Waals surface area contributed by atoms with E-state index in [0.29, 0.717) is 35.5 Å². The minimum Gasteiger partial charge on any atom is -0.489 e. The summed E-state index contributed by atoms with van der Waals surface area (Å²) in [4.78, 5) is 26.1. The number of halogens is 1. The van der Waals surface area contributed by atoms with Crippen molar-refractivity contribution in [2.45, 2.75) is 19.6 Å². The molecule has 2 aromatic carbocycles. The maximum atomic E-state index is 11.2. The van der Waals surface area contributed by atoms with E-state index in [9.17, 15) is 4.79 Å². The van der Waals surface area contributed by atoms with Crippen molar-refractivity contribution in [1.82, 2.24) is 19.9 Å². The number of hydrogen-bond donors (Lipinski definition) is 2. The second-order valence-electron chi connectivity index (χ2n) is 8.34. The van der Waals surface area contributed by atoms with Crippen LogP contribution < -0.4 is 20.5 Å². The molecule has 9 nitrogen and oxygen atoms in total. The Morgan fingerprint density at radius 1 is 1.11 bits per heavy atom. The number of likely N-dealkylation sites (N-methyl/N-ethyl adjacent to an activating group) is 1. The summed E-state index contributed by atoms with van der Waals surface area (Å²) in [5.41, 5.74) is 7.55.